The Kier molecular flexibility index (Phi) is 16.9. The molecule has 78 heavy (non-hydrogen) atoms. The number of aromatic nitrogens is 6. The Labute approximate surface area is 458 Å². The molecule has 6 heterocycles. The molecular weight excluding hydrogens is 1010 g/mol. The van der Waals surface area contributed by atoms with Crippen molar-refractivity contribution in [3.63, 3.8) is 0 Å². The van der Waals surface area contributed by atoms with Gasteiger partial charge >= 0.3 is 0 Å². The van der Waals surface area contributed by atoms with E-state index in [0.29, 0.717) is 105 Å². The van der Waals surface area contributed by atoms with Gasteiger partial charge < -0.3 is 40.7 Å². The summed E-state index contributed by atoms with van der Waals surface area (Å²) in [6, 6.07) is 1.23. The largest absolute Gasteiger partial charge is 0.492 e. The number of rotatable bonds is 17. The predicted octanol–water partition coefficient (Wildman–Crippen LogP) is 5.02. The number of carbonyl (C=O) groups is 4. The summed E-state index contributed by atoms with van der Waals surface area (Å²) in [7, 11) is -2.14. The normalized spacial score (nSPS) is 23.0. The molecule has 0 spiro atoms. The molecule has 5 N–H and O–H groups in total. The zero-order valence-corrected chi connectivity index (χ0v) is 47.3. The maximum absolute atomic E-state index is 14.6. The number of aromatic amines is 1. The number of piperazine rings is 1. The van der Waals surface area contributed by atoms with Crippen LogP contribution in [0.1, 0.15) is 108 Å². The lowest BCUT2D eigenvalue weighted by Gasteiger charge is -2.46. The minimum atomic E-state index is -3.84. The number of anilines is 3. The molecule has 4 fully saturated rings. The molecule has 1 saturated carbocycles. The van der Waals surface area contributed by atoms with Crippen molar-refractivity contribution in [2.75, 3.05) is 76.2 Å². The molecule has 2 aliphatic carbocycles. The monoisotopic (exact) mass is 1090 g/mol. The first-order valence-electron chi connectivity index (χ1n) is 27.7. The van der Waals surface area contributed by atoms with Gasteiger partial charge in [0.05, 0.1) is 28.5 Å². The van der Waals surface area contributed by atoms with Gasteiger partial charge in [-0.25, -0.2) is 28.4 Å². The summed E-state index contributed by atoms with van der Waals surface area (Å²) in [5.74, 6) is 1.04. The van der Waals surface area contributed by atoms with Crippen molar-refractivity contribution in [1.82, 2.24) is 60.8 Å². The van der Waals surface area contributed by atoms with Crippen LogP contribution in [-0.2, 0) is 24.2 Å². The highest BCUT2D eigenvalue weighted by Crippen LogP contribution is 2.45. The van der Waals surface area contributed by atoms with Crippen molar-refractivity contribution < 1.29 is 32.3 Å². The number of hydrogen-bond acceptors (Lipinski definition) is 16. The standard InChI is InChI=1S/C56H78N14O7S/c1-35-36(2)65-66-48(35)64-49-41-30-45(78(75,76)55(4,5)6)44(31-42(41)60-34-61-49)77-29-13-21-67-25-27-69(28-26-67)54-58-32-39(33-59-54)52(73)68-23-18-38(19-24-68)47(63-50(71)37(3)57-8)53(74)70-22-12-16-43(70)51(72)62-46-17-11-15-40-14-9-10-20-56(40,46)7/h9-10,14,20,30-34,37-38,40,43,46-47,57H,11-13,15-19,21-29H2,1-8H3,(H,62,72)(H,63,71)(H2,60,61,64,65,66)/t37-,40?,43-,46+,47-,56?/m0/s1. The molecule has 3 saturated heterocycles. The number of nitrogens with one attached hydrogen (secondary N) is 5. The van der Waals surface area contributed by atoms with E-state index in [-0.39, 0.29) is 58.3 Å². The first kappa shape index (κ1) is 56.2. The van der Waals surface area contributed by atoms with Crippen molar-refractivity contribution in [2.24, 2.45) is 17.3 Å². The number of nitrogens with zero attached hydrogens (tertiary/aromatic N) is 9. The highest BCUT2D eigenvalue weighted by molar-refractivity contribution is 7.92. The van der Waals surface area contributed by atoms with E-state index in [2.05, 4.69) is 92.4 Å². The lowest BCUT2D eigenvalue weighted by molar-refractivity contribution is -0.143. The Morgan fingerprint density at radius 1 is 0.897 bits per heavy atom. The second-order valence-electron chi connectivity index (χ2n) is 22.9. The van der Waals surface area contributed by atoms with Crippen LogP contribution in [0.15, 0.2) is 60.1 Å². The molecule has 1 aromatic carbocycles. The number of aryl methyl sites for hydroxylation is 1. The van der Waals surface area contributed by atoms with Gasteiger partial charge in [0.1, 0.15) is 34.9 Å². The first-order chi connectivity index (χ1) is 37.3. The maximum atomic E-state index is 14.6. The van der Waals surface area contributed by atoms with Gasteiger partial charge in [0.25, 0.3) is 5.91 Å². The summed E-state index contributed by atoms with van der Waals surface area (Å²) < 4.78 is 33.1. The second kappa shape index (κ2) is 23.4. The average Bonchev–Trinajstić information content (AvgIpc) is 4.12. The molecule has 0 bridgehead atoms. The molecule has 4 aromatic rings. The number of likely N-dealkylation sites (tertiary alicyclic amines) is 2. The number of fused-ring (bicyclic) bond motifs is 2. The quantitative estimate of drug-likeness (QED) is 0.0871. The summed E-state index contributed by atoms with van der Waals surface area (Å²) in [5, 5.41) is 20.4. The molecule has 4 amide bonds. The molecular formula is C56H78N14O7S. The van der Waals surface area contributed by atoms with Gasteiger partial charge in [0.2, 0.25) is 23.7 Å². The average molecular weight is 1090 g/mol. The number of allylic oxidation sites excluding steroid dienone is 3. The number of likely N-dealkylation sites (N-methyl/N-ethyl adjacent to an activating group) is 1. The summed E-state index contributed by atoms with van der Waals surface area (Å²) in [5.41, 5.74) is 2.55. The molecule has 6 atom stereocenters. The summed E-state index contributed by atoms with van der Waals surface area (Å²) >= 11 is 0. The van der Waals surface area contributed by atoms with Crippen LogP contribution in [0.5, 0.6) is 5.75 Å². The fourth-order valence-electron chi connectivity index (χ4n) is 11.6. The van der Waals surface area contributed by atoms with Crippen LogP contribution in [-0.4, -0.2) is 172 Å². The Balaban J connectivity index is 0.764. The van der Waals surface area contributed by atoms with Gasteiger partial charge in [-0.05, 0) is 111 Å². The zero-order chi connectivity index (χ0) is 55.5. The van der Waals surface area contributed by atoms with Crippen LogP contribution in [0, 0.1) is 31.1 Å². The van der Waals surface area contributed by atoms with Gasteiger partial charge in [0, 0.05) is 98.9 Å². The van der Waals surface area contributed by atoms with E-state index in [4.69, 9.17) is 4.74 Å². The molecule has 22 heteroatoms. The van der Waals surface area contributed by atoms with Gasteiger partial charge in [-0.3, -0.25) is 29.2 Å². The molecule has 5 aliphatic rings. The van der Waals surface area contributed by atoms with E-state index in [9.17, 15) is 27.6 Å². The van der Waals surface area contributed by atoms with Crippen LogP contribution in [0.4, 0.5) is 17.6 Å². The molecule has 21 nitrogen and oxygen atoms in total. The molecule has 2 unspecified atom stereocenters. The van der Waals surface area contributed by atoms with Crippen LogP contribution in [0.25, 0.3) is 10.9 Å². The van der Waals surface area contributed by atoms with Crippen LogP contribution in [0.2, 0.25) is 0 Å². The predicted molar refractivity (Wildman–Crippen MR) is 298 cm³/mol. The molecule has 3 aliphatic heterocycles. The van der Waals surface area contributed by atoms with E-state index in [1.54, 1.807) is 69.1 Å². The number of hydrogen-bond donors (Lipinski definition) is 5. The number of ether oxygens (including phenoxy) is 1. The lowest BCUT2D eigenvalue weighted by atomic mass is 9.63. The van der Waals surface area contributed by atoms with E-state index < -0.39 is 32.7 Å². The minimum Gasteiger partial charge on any atom is -0.492 e. The molecule has 9 rings (SSSR count). The van der Waals surface area contributed by atoms with Crippen molar-refractivity contribution >= 4 is 62.0 Å². The molecule has 0 radical (unpaired) electrons. The number of H-pyrrole nitrogens is 1. The van der Waals surface area contributed by atoms with Crippen molar-refractivity contribution in [2.45, 2.75) is 134 Å². The Morgan fingerprint density at radius 2 is 1.64 bits per heavy atom. The topological polar surface area (TPSA) is 253 Å². The van der Waals surface area contributed by atoms with Crippen LogP contribution >= 0.6 is 0 Å². The Bertz CT molecular complexity index is 3020. The summed E-state index contributed by atoms with van der Waals surface area (Å²) in [6.45, 7) is 17.9. The van der Waals surface area contributed by atoms with Crippen LogP contribution in [0.3, 0.4) is 0 Å². The third-order valence-corrected chi connectivity index (χ3v) is 19.5. The highest BCUT2D eigenvalue weighted by atomic mass is 32.2. The zero-order valence-electron chi connectivity index (χ0n) is 46.5. The summed E-state index contributed by atoms with van der Waals surface area (Å²) in [4.78, 5) is 82.0. The highest BCUT2D eigenvalue weighted by Gasteiger charge is 2.46. The van der Waals surface area contributed by atoms with E-state index in [1.165, 1.54) is 6.33 Å². The number of amides is 4. The second-order valence-corrected chi connectivity index (χ2v) is 25.6. The van der Waals surface area contributed by atoms with Crippen molar-refractivity contribution in [1.29, 1.82) is 0 Å². The molecule has 3 aromatic heterocycles. The van der Waals surface area contributed by atoms with Crippen molar-refractivity contribution in [3.8, 4) is 5.75 Å². The van der Waals surface area contributed by atoms with Gasteiger partial charge in [-0.2, -0.15) is 5.10 Å². The van der Waals surface area contributed by atoms with Crippen molar-refractivity contribution in [3.05, 3.63) is 72.0 Å². The number of benzene rings is 1. The SMILES string of the molecule is CN[C@@H](C)C(=O)N[C@H](C(=O)N1CCC[C@H]1C(=O)N[C@@H]1CCCC2C=CC=CC21C)C1CCN(C(=O)c2cnc(N3CCN(CCCOc4cc5ncnc(Nc6n[nH]c(C)c6C)c5cc4S(=O)(=O)C(C)(C)C)CC3)nc2)CC1. The van der Waals surface area contributed by atoms with Crippen LogP contribution < -0.4 is 30.9 Å². The minimum absolute atomic E-state index is 0.0395. The lowest BCUT2D eigenvalue weighted by Crippen LogP contribution is -2.60. The van der Waals surface area contributed by atoms with E-state index in [1.807, 2.05) is 13.8 Å². The fraction of sp³-hybridized carbons (Fsp3) is 0.589. The van der Waals surface area contributed by atoms with Gasteiger partial charge in [0.15, 0.2) is 15.7 Å². The smallest absolute Gasteiger partial charge is 0.256 e. The molecule has 420 valence electrons. The number of carbonyl (C=O) groups excluding carboxylic acids is 4. The Hall–Kier alpha value is -6.52. The van der Waals surface area contributed by atoms with E-state index in [0.717, 1.165) is 50.2 Å². The van der Waals surface area contributed by atoms with Gasteiger partial charge in [-0.1, -0.05) is 37.6 Å². The third kappa shape index (κ3) is 11.8. The van der Waals surface area contributed by atoms with E-state index >= 15 is 0 Å². The number of piperidine rings is 1. The Morgan fingerprint density at radius 3 is 2.33 bits per heavy atom. The number of sulfone groups is 1. The fourth-order valence-corrected chi connectivity index (χ4v) is 12.9. The summed E-state index contributed by atoms with van der Waals surface area (Å²) in [6.07, 6.45) is 19.1. The maximum Gasteiger partial charge on any atom is 0.256 e. The van der Waals surface area contributed by atoms with Gasteiger partial charge in [-0.15, -0.1) is 0 Å². The third-order valence-electron chi connectivity index (χ3n) is 17.0. The first-order valence-corrected chi connectivity index (χ1v) is 29.2.